The largest absolute Gasteiger partial charge is 0.277 e. The summed E-state index contributed by atoms with van der Waals surface area (Å²) in [6.07, 6.45) is 3.31. The summed E-state index contributed by atoms with van der Waals surface area (Å²) in [6.45, 7) is 3.82. The van der Waals surface area contributed by atoms with Crippen LogP contribution in [0.2, 0.25) is 0 Å². The molecule has 0 saturated carbocycles. The molecule has 25 heavy (non-hydrogen) atoms. The van der Waals surface area contributed by atoms with Gasteiger partial charge in [0.25, 0.3) is 5.91 Å². The predicted molar refractivity (Wildman–Crippen MR) is 96.3 cm³/mol. The van der Waals surface area contributed by atoms with Crippen LogP contribution in [0.3, 0.4) is 0 Å². The summed E-state index contributed by atoms with van der Waals surface area (Å²) in [5.41, 5.74) is 2.90. The third kappa shape index (κ3) is 3.02. The van der Waals surface area contributed by atoms with Crippen molar-refractivity contribution in [1.29, 1.82) is 0 Å². The number of nitrogens with zero attached hydrogens (tertiary/aromatic N) is 2. The minimum absolute atomic E-state index is 0.350. The Morgan fingerprint density at radius 2 is 2.08 bits per heavy atom. The SMILES string of the molecule is C=Cc1cc(C(=O)N(C)OC)c(-c2cccc(F)c2)c2ncccc12. The molecule has 1 heterocycles. The molecule has 0 unspecified atom stereocenters. The normalized spacial score (nSPS) is 10.7. The summed E-state index contributed by atoms with van der Waals surface area (Å²) in [6, 6.07) is 11.6. The first kappa shape index (κ1) is 16.8. The van der Waals surface area contributed by atoms with Gasteiger partial charge >= 0.3 is 0 Å². The van der Waals surface area contributed by atoms with Crippen LogP contribution in [0.5, 0.6) is 0 Å². The van der Waals surface area contributed by atoms with Crippen molar-refractivity contribution in [2.75, 3.05) is 14.2 Å². The summed E-state index contributed by atoms with van der Waals surface area (Å²) < 4.78 is 13.8. The Morgan fingerprint density at radius 3 is 2.76 bits per heavy atom. The van der Waals surface area contributed by atoms with Gasteiger partial charge in [-0.05, 0) is 35.4 Å². The molecule has 1 aromatic heterocycles. The van der Waals surface area contributed by atoms with Gasteiger partial charge < -0.3 is 0 Å². The highest BCUT2D eigenvalue weighted by atomic mass is 19.1. The Labute approximate surface area is 145 Å². The molecule has 0 bridgehead atoms. The average molecular weight is 336 g/mol. The van der Waals surface area contributed by atoms with E-state index in [0.29, 0.717) is 22.2 Å². The highest BCUT2D eigenvalue weighted by Gasteiger charge is 2.22. The lowest BCUT2D eigenvalue weighted by atomic mass is 9.92. The van der Waals surface area contributed by atoms with E-state index in [1.54, 1.807) is 30.5 Å². The standard InChI is InChI=1S/C20H17FN2O2/c1-4-13-12-17(20(24)23(2)25-3)18(14-7-5-8-15(21)11-14)19-16(13)9-6-10-22-19/h4-12H,1H2,2-3H3. The van der Waals surface area contributed by atoms with Crippen molar-refractivity contribution in [3.8, 4) is 11.1 Å². The fourth-order valence-corrected chi connectivity index (χ4v) is 2.80. The zero-order valence-electron chi connectivity index (χ0n) is 14.0. The van der Waals surface area contributed by atoms with Crippen LogP contribution in [-0.2, 0) is 4.84 Å². The van der Waals surface area contributed by atoms with Gasteiger partial charge in [0.05, 0.1) is 18.2 Å². The Hall–Kier alpha value is -3.05. The van der Waals surface area contributed by atoms with Gasteiger partial charge in [-0.25, -0.2) is 9.45 Å². The summed E-state index contributed by atoms with van der Waals surface area (Å²) in [5.74, 6) is -0.731. The van der Waals surface area contributed by atoms with Crippen molar-refractivity contribution in [2.45, 2.75) is 0 Å². The number of carbonyl (C=O) groups is 1. The molecule has 0 aliphatic heterocycles. The van der Waals surface area contributed by atoms with E-state index in [1.165, 1.54) is 26.3 Å². The summed E-state index contributed by atoms with van der Waals surface area (Å²) in [5, 5.41) is 1.97. The fourth-order valence-electron chi connectivity index (χ4n) is 2.80. The number of rotatable bonds is 4. The van der Waals surface area contributed by atoms with Gasteiger partial charge in [-0.2, -0.15) is 0 Å². The van der Waals surface area contributed by atoms with Gasteiger partial charge in [-0.3, -0.25) is 14.6 Å². The zero-order valence-corrected chi connectivity index (χ0v) is 14.0. The van der Waals surface area contributed by atoms with E-state index in [4.69, 9.17) is 4.84 Å². The van der Waals surface area contributed by atoms with Crippen LogP contribution >= 0.6 is 0 Å². The van der Waals surface area contributed by atoms with Gasteiger partial charge in [-0.15, -0.1) is 0 Å². The number of fused-ring (bicyclic) bond motifs is 1. The molecule has 0 N–H and O–H groups in total. The molecule has 0 aliphatic rings. The minimum atomic E-state index is -0.382. The monoisotopic (exact) mass is 336 g/mol. The average Bonchev–Trinajstić information content (AvgIpc) is 2.65. The van der Waals surface area contributed by atoms with Crippen molar-refractivity contribution >= 4 is 22.9 Å². The van der Waals surface area contributed by atoms with Crippen LogP contribution < -0.4 is 0 Å². The van der Waals surface area contributed by atoms with Gasteiger partial charge in [-0.1, -0.05) is 30.9 Å². The first-order valence-electron chi connectivity index (χ1n) is 7.69. The van der Waals surface area contributed by atoms with Gasteiger partial charge in [0.15, 0.2) is 0 Å². The second-order valence-corrected chi connectivity index (χ2v) is 5.49. The van der Waals surface area contributed by atoms with Gasteiger partial charge in [0, 0.05) is 24.2 Å². The van der Waals surface area contributed by atoms with Crippen LogP contribution in [0.4, 0.5) is 4.39 Å². The third-order valence-electron chi connectivity index (χ3n) is 4.05. The number of pyridine rings is 1. The van der Waals surface area contributed by atoms with Gasteiger partial charge in [0.2, 0.25) is 0 Å². The molecule has 4 nitrogen and oxygen atoms in total. The molecule has 0 fully saturated rings. The van der Waals surface area contributed by atoms with E-state index in [0.717, 1.165) is 16.0 Å². The molecular weight excluding hydrogens is 319 g/mol. The van der Waals surface area contributed by atoms with Gasteiger partial charge in [0.1, 0.15) is 5.82 Å². The predicted octanol–water partition coefficient (Wildman–Crippen LogP) is 4.32. The number of hydrogen-bond acceptors (Lipinski definition) is 3. The number of amides is 1. The van der Waals surface area contributed by atoms with Crippen molar-refractivity contribution in [1.82, 2.24) is 10.0 Å². The lowest BCUT2D eigenvalue weighted by molar-refractivity contribution is -0.0756. The second kappa shape index (κ2) is 6.83. The molecule has 3 aromatic rings. The topological polar surface area (TPSA) is 42.4 Å². The van der Waals surface area contributed by atoms with Crippen LogP contribution in [0.15, 0.2) is 55.2 Å². The molecule has 126 valence electrons. The third-order valence-corrected chi connectivity index (χ3v) is 4.05. The first-order valence-corrected chi connectivity index (χ1v) is 7.69. The minimum Gasteiger partial charge on any atom is -0.274 e. The maximum Gasteiger partial charge on any atom is 0.277 e. The molecule has 1 amide bonds. The Balaban J connectivity index is 2.42. The zero-order chi connectivity index (χ0) is 18.0. The number of carbonyl (C=O) groups excluding carboxylic acids is 1. The summed E-state index contributed by atoms with van der Waals surface area (Å²) in [7, 11) is 2.93. The molecule has 0 spiro atoms. The molecule has 2 aromatic carbocycles. The van der Waals surface area contributed by atoms with Crippen LogP contribution in [0, 0.1) is 5.82 Å². The molecule has 3 rings (SSSR count). The second-order valence-electron chi connectivity index (χ2n) is 5.49. The summed E-state index contributed by atoms with van der Waals surface area (Å²) in [4.78, 5) is 22.3. The quantitative estimate of drug-likeness (QED) is 0.667. The number of benzene rings is 2. The number of aromatic nitrogens is 1. The smallest absolute Gasteiger partial charge is 0.274 e. The summed E-state index contributed by atoms with van der Waals surface area (Å²) >= 11 is 0. The van der Waals surface area contributed by atoms with Crippen LogP contribution in [0.25, 0.3) is 28.1 Å². The van der Waals surface area contributed by atoms with Crippen molar-refractivity contribution in [2.24, 2.45) is 0 Å². The van der Waals surface area contributed by atoms with Crippen molar-refractivity contribution in [3.63, 3.8) is 0 Å². The van der Waals surface area contributed by atoms with Crippen LogP contribution in [0.1, 0.15) is 15.9 Å². The van der Waals surface area contributed by atoms with E-state index < -0.39 is 0 Å². The maximum atomic E-state index is 13.8. The van der Waals surface area contributed by atoms with Crippen molar-refractivity contribution in [3.05, 3.63) is 72.2 Å². The highest BCUT2D eigenvalue weighted by Crippen LogP contribution is 2.34. The number of hydroxylamine groups is 2. The van der Waals surface area contributed by atoms with E-state index >= 15 is 0 Å². The molecule has 0 saturated heterocycles. The lowest BCUT2D eigenvalue weighted by Gasteiger charge is -2.19. The Bertz CT molecular complexity index is 969. The van der Waals surface area contributed by atoms with Crippen molar-refractivity contribution < 1.29 is 14.0 Å². The van der Waals surface area contributed by atoms with E-state index in [1.807, 2.05) is 12.1 Å². The molecule has 0 aliphatic carbocycles. The van der Waals surface area contributed by atoms with E-state index in [9.17, 15) is 9.18 Å². The molecular formula is C20H17FN2O2. The first-order chi connectivity index (χ1) is 12.1. The number of hydrogen-bond donors (Lipinski definition) is 0. The Morgan fingerprint density at radius 1 is 1.28 bits per heavy atom. The fraction of sp³-hybridized carbons (Fsp3) is 0.100. The highest BCUT2D eigenvalue weighted by molar-refractivity contribution is 6.10. The molecule has 0 atom stereocenters. The maximum absolute atomic E-state index is 13.8. The Kier molecular flexibility index (Phi) is 4.59. The van der Waals surface area contributed by atoms with E-state index in [2.05, 4.69) is 11.6 Å². The molecule has 0 radical (unpaired) electrons. The molecule has 5 heteroatoms. The number of halogens is 1. The van der Waals surface area contributed by atoms with E-state index in [-0.39, 0.29) is 11.7 Å². The lowest BCUT2D eigenvalue weighted by Crippen LogP contribution is -2.26. The van der Waals surface area contributed by atoms with Crippen LogP contribution in [-0.4, -0.2) is 30.1 Å².